The molecule has 0 aliphatic heterocycles. The standard InChI is InChI=1S/C16H12FN3O/c17-15-6-5-14(9-12(15)10-18)20-16(21)7-4-11-2-1-3-13(19)8-11/h1-9H,19H2,(H,20,21)/b7-4+. The average Bonchev–Trinajstić information content (AvgIpc) is 2.47. The zero-order valence-electron chi connectivity index (χ0n) is 11.0. The highest BCUT2D eigenvalue weighted by Gasteiger charge is 2.04. The zero-order valence-corrected chi connectivity index (χ0v) is 11.0. The Balaban J connectivity index is 2.07. The molecular weight excluding hydrogens is 269 g/mol. The van der Waals surface area contributed by atoms with Gasteiger partial charge in [-0.15, -0.1) is 0 Å². The molecule has 0 saturated carbocycles. The van der Waals surface area contributed by atoms with Crippen LogP contribution in [0.25, 0.3) is 6.08 Å². The topological polar surface area (TPSA) is 78.9 Å². The molecule has 0 radical (unpaired) electrons. The molecule has 0 bridgehead atoms. The highest BCUT2D eigenvalue weighted by molar-refractivity contribution is 6.02. The second-order valence-electron chi connectivity index (χ2n) is 4.30. The summed E-state index contributed by atoms with van der Waals surface area (Å²) >= 11 is 0. The van der Waals surface area contributed by atoms with Crippen molar-refractivity contribution in [3.05, 3.63) is 65.5 Å². The lowest BCUT2D eigenvalue weighted by atomic mass is 10.2. The van der Waals surface area contributed by atoms with E-state index in [-0.39, 0.29) is 11.5 Å². The summed E-state index contributed by atoms with van der Waals surface area (Å²) < 4.78 is 13.2. The summed E-state index contributed by atoms with van der Waals surface area (Å²) in [6.07, 6.45) is 2.95. The van der Waals surface area contributed by atoms with Crippen LogP contribution in [0.3, 0.4) is 0 Å². The van der Waals surface area contributed by atoms with Crippen LogP contribution in [0.4, 0.5) is 15.8 Å². The van der Waals surface area contributed by atoms with Crippen molar-refractivity contribution >= 4 is 23.4 Å². The Morgan fingerprint density at radius 3 is 2.81 bits per heavy atom. The van der Waals surface area contributed by atoms with Crippen LogP contribution < -0.4 is 11.1 Å². The van der Waals surface area contributed by atoms with Crippen LogP contribution in [-0.2, 0) is 4.79 Å². The first-order valence-corrected chi connectivity index (χ1v) is 6.13. The Labute approximate surface area is 121 Å². The molecule has 0 fully saturated rings. The van der Waals surface area contributed by atoms with E-state index >= 15 is 0 Å². The SMILES string of the molecule is N#Cc1cc(NC(=O)/C=C/c2cccc(N)c2)ccc1F. The summed E-state index contributed by atoms with van der Waals surface area (Å²) in [6, 6.07) is 12.6. The van der Waals surface area contributed by atoms with Crippen molar-refractivity contribution in [1.29, 1.82) is 5.26 Å². The molecule has 0 saturated heterocycles. The highest BCUT2D eigenvalue weighted by atomic mass is 19.1. The van der Waals surface area contributed by atoms with E-state index in [1.54, 1.807) is 30.3 Å². The first-order valence-electron chi connectivity index (χ1n) is 6.13. The minimum atomic E-state index is -0.620. The number of hydrogen-bond acceptors (Lipinski definition) is 3. The molecule has 3 N–H and O–H groups in total. The Bertz CT molecular complexity index is 747. The van der Waals surface area contributed by atoms with Gasteiger partial charge in [-0.1, -0.05) is 12.1 Å². The second kappa shape index (κ2) is 6.35. The third-order valence-corrected chi connectivity index (χ3v) is 2.69. The zero-order chi connectivity index (χ0) is 15.2. The fraction of sp³-hybridized carbons (Fsp3) is 0. The molecule has 0 aliphatic carbocycles. The van der Waals surface area contributed by atoms with Gasteiger partial charge in [-0.2, -0.15) is 5.26 Å². The average molecular weight is 281 g/mol. The molecule has 0 spiro atoms. The quantitative estimate of drug-likeness (QED) is 0.670. The predicted molar refractivity (Wildman–Crippen MR) is 79.6 cm³/mol. The van der Waals surface area contributed by atoms with Gasteiger partial charge in [-0.3, -0.25) is 4.79 Å². The van der Waals surface area contributed by atoms with Crippen molar-refractivity contribution in [3.63, 3.8) is 0 Å². The van der Waals surface area contributed by atoms with Crippen molar-refractivity contribution in [1.82, 2.24) is 0 Å². The van der Waals surface area contributed by atoms with Gasteiger partial charge in [-0.05, 0) is 42.0 Å². The van der Waals surface area contributed by atoms with Crippen LogP contribution in [0.15, 0.2) is 48.5 Å². The van der Waals surface area contributed by atoms with Gasteiger partial charge in [0.1, 0.15) is 11.9 Å². The number of halogens is 1. The number of carbonyl (C=O) groups excluding carboxylic acids is 1. The van der Waals surface area contributed by atoms with Crippen molar-refractivity contribution in [3.8, 4) is 6.07 Å². The number of carbonyl (C=O) groups is 1. The summed E-state index contributed by atoms with van der Waals surface area (Å²) in [5.74, 6) is -1.00. The maximum absolute atomic E-state index is 13.2. The van der Waals surface area contributed by atoms with Gasteiger partial charge in [0.05, 0.1) is 5.56 Å². The van der Waals surface area contributed by atoms with Crippen molar-refractivity contribution in [2.45, 2.75) is 0 Å². The molecule has 1 amide bonds. The number of nitrogens with zero attached hydrogens (tertiary/aromatic N) is 1. The van der Waals surface area contributed by atoms with Crippen molar-refractivity contribution in [2.24, 2.45) is 0 Å². The molecule has 5 heteroatoms. The van der Waals surface area contributed by atoms with E-state index in [2.05, 4.69) is 5.32 Å². The maximum atomic E-state index is 13.2. The first-order chi connectivity index (χ1) is 10.1. The molecule has 4 nitrogen and oxygen atoms in total. The summed E-state index contributed by atoms with van der Waals surface area (Å²) in [6.45, 7) is 0. The van der Waals surface area contributed by atoms with Gasteiger partial charge in [-0.25, -0.2) is 4.39 Å². The third-order valence-electron chi connectivity index (χ3n) is 2.69. The van der Waals surface area contributed by atoms with Gasteiger partial charge in [0, 0.05) is 17.5 Å². The molecule has 0 unspecified atom stereocenters. The second-order valence-corrected chi connectivity index (χ2v) is 4.30. The van der Waals surface area contributed by atoms with Gasteiger partial charge in [0.25, 0.3) is 0 Å². The van der Waals surface area contributed by atoms with E-state index in [1.165, 1.54) is 18.2 Å². The number of amides is 1. The van der Waals surface area contributed by atoms with E-state index in [0.29, 0.717) is 11.4 Å². The molecule has 2 aromatic carbocycles. The number of anilines is 2. The minimum absolute atomic E-state index is 0.118. The van der Waals surface area contributed by atoms with Crippen LogP contribution in [0.1, 0.15) is 11.1 Å². The number of nitrogen functional groups attached to an aromatic ring is 1. The number of nitrogens with two attached hydrogens (primary N) is 1. The highest BCUT2D eigenvalue weighted by Crippen LogP contribution is 2.14. The van der Waals surface area contributed by atoms with Crippen LogP contribution >= 0.6 is 0 Å². The van der Waals surface area contributed by atoms with Crippen LogP contribution in [0.2, 0.25) is 0 Å². The number of benzene rings is 2. The van der Waals surface area contributed by atoms with E-state index in [4.69, 9.17) is 11.0 Å². The Hall–Kier alpha value is -3.13. The van der Waals surface area contributed by atoms with E-state index in [0.717, 1.165) is 11.6 Å². The molecule has 0 aromatic heterocycles. The van der Waals surface area contributed by atoms with E-state index in [1.807, 2.05) is 6.07 Å². The van der Waals surface area contributed by atoms with E-state index < -0.39 is 5.82 Å². The molecule has 2 aromatic rings. The Morgan fingerprint density at radius 1 is 1.29 bits per heavy atom. The normalized spacial score (nSPS) is 10.3. The molecule has 0 aliphatic rings. The monoisotopic (exact) mass is 281 g/mol. The first kappa shape index (κ1) is 14.3. The minimum Gasteiger partial charge on any atom is -0.399 e. The number of hydrogen-bond donors (Lipinski definition) is 2. The summed E-state index contributed by atoms with van der Waals surface area (Å²) in [7, 11) is 0. The van der Waals surface area contributed by atoms with Gasteiger partial charge in [0.15, 0.2) is 0 Å². The van der Waals surface area contributed by atoms with Crippen molar-refractivity contribution < 1.29 is 9.18 Å². The maximum Gasteiger partial charge on any atom is 0.248 e. The smallest absolute Gasteiger partial charge is 0.248 e. The molecular formula is C16H12FN3O. The number of nitriles is 1. The van der Waals surface area contributed by atoms with Crippen LogP contribution in [0.5, 0.6) is 0 Å². The largest absolute Gasteiger partial charge is 0.399 e. The molecule has 0 atom stereocenters. The van der Waals surface area contributed by atoms with E-state index in [9.17, 15) is 9.18 Å². The van der Waals surface area contributed by atoms with Crippen LogP contribution in [0, 0.1) is 17.1 Å². The van der Waals surface area contributed by atoms with Gasteiger partial charge < -0.3 is 11.1 Å². The fourth-order valence-electron chi connectivity index (χ4n) is 1.71. The summed E-state index contributed by atoms with van der Waals surface area (Å²) in [5.41, 5.74) is 7.27. The number of rotatable bonds is 3. The molecule has 0 heterocycles. The Morgan fingerprint density at radius 2 is 2.10 bits per heavy atom. The molecule has 21 heavy (non-hydrogen) atoms. The number of nitrogens with one attached hydrogen (secondary N) is 1. The molecule has 104 valence electrons. The predicted octanol–water partition coefficient (Wildman–Crippen LogP) is 2.93. The summed E-state index contributed by atoms with van der Waals surface area (Å²) in [5, 5.41) is 11.3. The molecule has 2 rings (SSSR count). The van der Waals surface area contributed by atoms with Gasteiger partial charge >= 0.3 is 0 Å². The summed E-state index contributed by atoms with van der Waals surface area (Å²) in [4.78, 5) is 11.7. The third kappa shape index (κ3) is 3.91. The lowest BCUT2D eigenvalue weighted by Gasteiger charge is -2.03. The lowest BCUT2D eigenvalue weighted by molar-refractivity contribution is -0.111. The van der Waals surface area contributed by atoms with Gasteiger partial charge in [0.2, 0.25) is 5.91 Å². The Kier molecular flexibility index (Phi) is 4.32. The van der Waals surface area contributed by atoms with Crippen molar-refractivity contribution in [2.75, 3.05) is 11.1 Å². The lowest BCUT2D eigenvalue weighted by Crippen LogP contribution is -2.08. The van der Waals surface area contributed by atoms with Crippen LogP contribution in [-0.4, -0.2) is 5.91 Å². The fourth-order valence-corrected chi connectivity index (χ4v) is 1.71.